The van der Waals surface area contributed by atoms with Crippen molar-refractivity contribution in [2.75, 3.05) is 32.8 Å². The van der Waals surface area contributed by atoms with Gasteiger partial charge in [0.15, 0.2) is 6.29 Å². The second kappa shape index (κ2) is 19.1. The first kappa shape index (κ1) is 45.4. The van der Waals surface area contributed by atoms with Crippen molar-refractivity contribution in [3.63, 3.8) is 0 Å². The third kappa shape index (κ3) is 9.50. The van der Waals surface area contributed by atoms with Crippen molar-refractivity contribution >= 4 is 29.7 Å². The molecule has 65 heavy (non-hydrogen) atoms. The Kier molecular flexibility index (Phi) is 13.4. The Balaban J connectivity index is 0.000000192. The third-order valence-electron chi connectivity index (χ3n) is 13.2. The molecule has 15 heteroatoms. The second-order valence-corrected chi connectivity index (χ2v) is 18.3. The van der Waals surface area contributed by atoms with Crippen molar-refractivity contribution < 1.29 is 43.5 Å². The molecule has 4 aromatic rings. The molecule has 5 amide bonds. The minimum Gasteiger partial charge on any atom is -0.444 e. The van der Waals surface area contributed by atoms with Crippen molar-refractivity contribution in [3.05, 3.63) is 142 Å². The number of ether oxygens (including phenoxy) is 2. The minimum atomic E-state index is -0.562. The second-order valence-electron chi connectivity index (χ2n) is 18.3. The lowest BCUT2D eigenvalue weighted by molar-refractivity contribution is -0.186. The lowest BCUT2D eigenvalue weighted by atomic mass is 9.80. The number of rotatable bonds is 8. The summed E-state index contributed by atoms with van der Waals surface area (Å²) in [6.07, 6.45) is 5.05. The van der Waals surface area contributed by atoms with Gasteiger partial charge in [-0.05, 0) is 131 Å². The van der Waals surface area contributed by atoms with Gasteiger partial charge in [-0.15, -0.1) is 0 Å². The zero-order chi connectivity index (χ0) is 45.8. The number of benzene rings is 4. The van der Waals surface area contributed by atoms with Crippen LogP contribution in [0.2, 0.25) is 0 Å². The first-order valence-corrected chi connectivity index (χ1v) is 22.5. The van der Waals surface area contributed by atoms with E-state index in [0.29, 0.717) is 62.3 Å². The van der Waals surface area contributed by atoms with Crippen LogP contribution in [0.25, 0.3) is 0 Å². The molecular weight excluding hydrogens is 829 g/mol. The van der Waals surface area contributed by atoms with Crippen LogP contribution < -0.4 is 16.3 Å². The Morgan fingerprint density at radius 2 is 1.23 bits per heavy atom. The van der Waals surface area contributed by atoms with Gasteiger partial charge >= 0.3 is 6.09 Å². The fourth-order valence-corrected chi connectivity index (χ4v) is 9.81. The molecule has 9 rings (SSSR count). The largest absolute Gasteiger partial charge is 0.444 e. The number of nitrogens with zero attached hydrogens (tertiary/aromatic N) is 3. The number of nitrogens with one attached hydrogen (secondary N) is 3. The van der Waals surface area contributed by atoms with E-state index in [0.717, 1.165) is 73.0 Å². The predicted octanol–water partition coefficient (Wildman–Crippen LogP) is 6.80. The van der Waals surface area contributed by atoms with E-state index in [4.69, 9.17) is 19.5 Å². The van der Waals surface area contributed by atoms with Crippen molar-refractivity contribution in [2.24, 2.45) is 0 Å². The summed E-state index contributed by atoms with van der Waals surface area (Å²) < 4.78 is 11.1. The highest BCUT2D eigenvalue weighted by Crippen LogP contribution is 2.48. The van der Waals surface area contributed by atoms with E-state index in [1.165, 1.54) is 0 Å². The Morgan fingerprint density at radius 1 is 0.723 bits per heavy atom. The number of amides is 5. The summed E-state index contributed by atoms with van der Waals surface area (Å²) in [6, 6.07) is 29.8. The molecule has 5 aliphatic rings. The molecule has 1 unspecified atom stereocenters. The van der Waals surface area contributed by atoms with Crippen LogP contribution in [0.15, 0.2) is 97.1 Å². The maximum atomic E-state index is 13.6. The van der Waals surface area contributed by atoms with Gasteiger partial charge in [0.25, 0.3) is 23.6 Å². The van der Waals surface area contributed by atoms with Crippen LogP contribution in [0, 0.1) is 0 Å². The minimum absolute atomic E-state index is 0.0148. The smallest absolute Gasteiger partial charge is 0.410 e. The molecule has 5 heterocycles. The number of hydrogen-bond donors (Lipinski definition) is 4. The average molecular weight is 887 g/mol. The van der Waals surface area contributed by atoms with E-state index < -0.39 is 23.3 Å². The molecular formula is C50H58N6O9. The number of piperidine rings is 2. The van der Waals surface area contributed by atoms with E-state index >= 15 is 0 Å². The summed E-state index contributed by atoms with van der Waals surface area (Å²) in [5.41, 5.74) is 9.14. The molecule has 0 aromatic heterocycles. The van der Waals surface area contributed by atoms with Gasteiger partial charge in [0.2, 0.25) is 0 Å². The van der Waals surface area contributed by atoms with Gasteiger partial charge in [-0.25, -0.2) is 20.6 Å². The maximum Gasteiger partial charge on any atom is 0.410 e. The molecule has 5 aliphatic heterocycles. The van der Waals surface area contributed by atoms with E-state index in [1.54, 1.807) is 34.6 Å². The first-order valence-electron chi connectivity index (χ1n) is 22.5. The first-order chi connectivity index (χ1) is 31.3. The molecule has 3 saturated heterocycles. The van der Waals surface area contributed by atoms with Gasteiger partial charge in [-0.2, -0.15) is 0 Å². The zero-order valence-corrected chi connectivity index (χ0v) is 37.3. The molecule has 15 nitrogen and oxygen atoms in total. The van der Waals surface area contributed by atoms with Crippen molar-refractivity contribution in [1.29, 1.82) is 0 Å². The van der Waals surface area contributed by atoms with Crippen LogP contribution in [0.3, 0.4) is 0 Å². The number of carbonyl (C=O) groups excluding carboxylic acids is 5. The number of fused-ring (bicyclic) bond motifs is 4. The van der Waals surface area contributed by atoms with Gasteiger partial charge < -0.3 is 29.5 Å². The van der Waals surface area contributed by atoms with Gasteiger partial charge in [-0.1, -0.05) is 60.7 Å². The molecule has 2 spiro atoms. The summed E-state index contributed by atoms with van der Waals surface area (Å²) >= 11 is 0. The predicted molar refractivity (Wildman–Crippen MR) is 239 cm³/mol. The number of hydrogen-bond acceptors (Lipinski definition) is 10. The fourth-order valence-electron chi connectivity index (χ4n) is 9.81. The van der Waals surface area contributed by atoms with Crippen LogP contribution in [0.5, 0.6) is 0 Å². The highest BCUT2D eigenvalue weighted by atomic mass is 16.8. The molecule has 0 bridgehead atoms. The van der Waals surface area contributed by atoms with Gasteiger partial charge in [0.1, 0.15) is 5.60 Å². The molecule has 3 fully saturated rings. The van der Waals surface area contributed by atoms with Crippen molar-refractivity contribution in [1.82, 2.24) is 31.0 Å². The standard InChI is InChI=1S/C30H37N3O6.C20H21N3O3/c1-29(2,3)38-28(36)32-17-15-30(16-18-32)24-9-5-4-8-23(24)27(35)33(30)20-21-11-13-22(14-12-21)26(34)31-39-25-10-6-7-19-37-25;24-18(22-26)15-7-5-14(6-8-15)13-23-19(25)16-3-1-2-4-17(16)20(23)9-11-21-12-10-20/h4-5,8-9,11-14,25H,6-7,10,15-20H2,1-3H3,(H,31,34);1-8,21,26H,9-13H2,(H,22,24). The number of carbonyl (C=O) groups is 5. The number of hydroxylamine groups is 2. The maximum absolute atomic E-state index is 13.6. The van der Waals surface area contributed by atoms with Crippen LogP contribution >= 0.6 is 0 Å². The van der Waals surface area contributed by atoms with E-state index in [-0.39, 0.29) is 29.4 Å². The molecule has 4 N–H and O–H groups in total. The lowest BCUT2D eigenvalue weighted by Gasteiger charge is -2.45. The van der Waals surface area contributed by atoms with Crippen LogP contribution in [0.4, 0.5) is 4.79 Å². The molecule has 0 saturated carbocycles. The Hall–Kier alpha value is -6.13. The van der Waals surface area contributed by atoms with Crippen molar-refractivity contribution in [3.8, 4) is 0 Å². The highest BCUT2D eigenvalue weighted by molar-refractivity contribution is 6.01. The molecule has 0 aliphatic carbocycles. The molecule has 1 atom stereocenters. The molecule has 0 radical (unpaired) electrons. The summed E-state index contributed by atoms with van der Waals surface area (Å²) in [7, 11) is 0. The zero-order valence-electron chi connectivity index (χ0n) is 37.3. The topological polar surface area (TPSA) is 179 Å². The van der Waals surface area contributed by atoms with E-state index in [2.05, 4.69) is 16.9 Å². The van der Waals surface area contributed by atoms with E-state index in [1.807, 2.05) is 97.3 Å². The summed E-state index contributed by atoms with van der Waals surface area (Å²) in [6.45, 7) is 9.86. The van der Waals surface area contributed by atoms with Crippen LogP contribution in [-0.2, 0) is 38.5 Å². The molecule has 4 aromatic carbocycles. The SMILES string of the molecule is CC(C)(C)OC(=O)N1CCC2(CC1)c1ccccc1C(=O)N2Cc1ccc(C(=O)NOC2CCCCO2)cc1.O=C(NO)c1ccc(CN2C(=O)c3ccccc3C23CCNCC3)cc1. The quantitative estimate of drug-likeness (QED) is 0.109. The monoisotopic (exact) mass is 886 g/mol. The molecule has 342 valence electrons. The van der Waals surface area contributed by atoms with Gasteiger partial charge in [0, 0.05) is 61.5 Å². The lowest BCUT2D eigenvalue weighted by Crippen LogP contribution is -2.52. The van der Waals surface area contributed by atoms with Crippen LogP contribution in [0.1, 0.15) is 129 Å². The van der Waals surface area contributed by atoms with E-state index in [9.17, 15) is 24.0 Å². The van der Waals surface area contributed by atoms with Crippen LogP contribution in [-0.4, -0.2) is 94.3 Å². The Bertz CT molecular complexity index is 2380. The summed E-state index contributed by atoms with van der Waals surface area (Å²) in [5.74, 6) is -0.832. The number of likely N-dealkylation sites (tertiary alicyclic amines) is 1. The summed E-state index contributed by atoms with van der Waals surface area (Å²) in [4.78, 5) is 74.5. The Labute approximate surface area is 379 Å². The average Bonchev–Trinajstić information content (AvgIpc) is 3.68. The Morgan fingerprint density at radius 3 is 1.72 bits per heavy atom. The normalized spacial score (nSPS) is 19.6. The summed E-state index contributed by atoms with van der Waals surface area (Å²) in [5, 5.41) is 12.1. The van der Waals surface area contributed by atoms with Gasteiger partial charge in [0.05, 0.1) is 11.1 Å². The van der Waals surface area contributed by atoms with Gasteiger partial charge in [-0.3, -0.25) is 24.4 Å². The highest BCUT2D eigenvalue weighted by Gasteiger charge is 2.52. The van der Waals surface area contributed by atoms with Crippen molar-refractivity contribution in [2.45, 2.75) is 102 Å². The third-order valence-corrected chi connectivity index (χ3v) is 13.2. The fraction of sp³-hybridized carbons (Fsp3) is 0.420.